The number of aliphatic hydroxyl groups excluding tert-OH is 1. The molecule has 0 spiro atoms. The normalized spacial score (nSPS) is 20.7. The number of nitrogens with one attached hydrogen (secondary N) is 1. The predicted molar refractivity (Wildman–Crippen MR) is 120 cm³/mol. The monoisotopic (exact) mass is 518 g/mol. The minimum absolute atomic E-state index is 0.0208. The van der Waals surface area contributed by atoms with Gasteiger partial charge in [0, 0.05) is 24.4 Å². The molecular formula is C22H20BrFN4O5. The van der Waals surface area contributed by atoms with Crippen molar-refractivity contribution in [3.05, 3.63) is 79.8 Å². The number of carbonyl (C=O) groups is 2. The molecule has 1 fully saturated rings. The summed E-state index contributed by atoms with van der Waals surface area (Å²) in [4.78, 5) is 37.0. The molecule has 0 radical (unpaired) electrons. The Balaban J connectivity index is 1.69. The number of amides is 2. The molecule has 0 bridgehead atoms. The number of non-ortho nitro benzene ring substituents is 1. The molecule has 33 heavy (non-hydrogen) atoms. The standard InChI is InChI=1S/C22H20BrFN4O5/c1-22-8-3-9-27(22)26(12-13-4-2-5-15(10-13)28(32)33)21(31)18(19(22)29)20(30)25-14-6-7-16(23)17(24)11-14/h2,4-7,10-11,29H,3,8-9,12H2,1H3,(H,25,30)/t22-/m1/s1. The number of carbonyl (C=O) groups excluding carboxylic acids is 2. The lowest BCUT2D eigenvalue weighted by molar-refractivity contribution is -0.384. The molecule has 0 saturated carbocycles. The summed E-state index contributed by atoms with van der Waals surface area (Å²) in [5, 5.41) is 27.6. The summed E-state index contributed by atoms with van der Waals surface area (Å²) in [6.45, 7) is 2.18. The lowest BCUT2D eigenvalue weighted by Gasteiger charge is -2.46. The highest BCUT2D eigenvalue weighted by molar-refractivity contribution is 9.10. The summed E-state index contributed by atoms with van der Waals surface area (Å²) in [5.41, 5.74) is -0.924. The molecule has 2 aromatic carbocycles. The zero-order valence-electron chi connectivity index (χ0n) is 17.5. The van der Waals surface area contributed by atoms with Crippen molar-refractivity contribution in [3.8, 4) is 0 Å². The van der Waals surface area contributed by atoms with Crippen LogP contribution in [0, 0.1) is 15.9 Å². The van der Waals surface area contributed by atoms with Crippen LogP contribution in [0.25, 0.3) is 0 Å². The summed E-state index contributed by atoms with van der Waals surface area (Å²) in [7, 11) is 0. The second kappa shape index (κ2) is 8.56. The van der Waals surface area contributed by atoms with Crippen molar-refractivity contribution in [2.45, 2.75) is 31.8 Å². The zero-order chi connectivity index (χ0) is 23.9. The first-order valence-corrected chi connectivity index (χ1v) is 10.9. The van der Waals surface area contributed by atoms with E-state index in [9.17, 15) is 29.2 Å². The molecule has 2 aliphatic heterocycles. The average molecular weight is 519 g/mol. The van der Waals surface area contributed by atoms with E-state index >= 15 is 0 Å². The van der Waals surface area contributed by atoms with Gasteiger partial charge in [0.1, 0.15) is 17.1 Å². The van der Waals surface area contributed by atoms with Crippen LogP contribution in [0.15, 0.2) is 58.3 Å². The Bertz CT molecular complexity index is 1200. The highest BCUT2D eigenvalue weighted by Gasteiger charge is 2.52. The van der Waals surface area contributed by atoms with Crippen LogP contribution in [-0.4, -0.2) is 43.9 Å². The summed E-state index contributed by atoms with van der Waals surface area (Å²) < 4.78 is 14.1. The molecule has 2 N–H and O–H groups in total. The molecular weight excluding hydrogens is 499 g/mol. The first kappa shape index (κ1) is 22.9. The van der Waals surface area contributed by atoms with Crippen LogP contribution in [0.1, 0.15) is 25.3 Å². The molecule has 4 rings (SSSR count). The Kier molecular flexibility index (Phi) is 5.93. The average Bonchev–Trinajstić information content (AvgIpc) is 3.17. The van der Waals surface area contributed by atoms with Crippen molar-refractivity contribution < 1.29 is 24.0 Å². The smallest absolute Gasteiger partial charge is 0.277 e. The predicted octanol–water partition coefficient (Wildman–Crippen LogP) is 4.06. The van der Waals surface area contributed by atoms with Gasteiger partial charge in [0.25, 0.3) is 17.5 Å². The number of hydrogen-bond acceptors (Lipinski definition) is 6. The summed E-state index contributed by atoms with van der Waals surface area (Å²) in [6, 6.07) is 9.85. The molecule has 1 atom stereocenters. The van der Waals surface area contributed by atoms with Gasteiger partial charge in [0.15, 0.2) is 0 Å². The first-order chi connectivity index (χ1) is 15.6. The van der Waals surface area contributed by atoms with Gasteiger partial charge in [-0.15, -0.1) is 0 Å². The highest BCUT2D eigenvalue weighted by Crippen LogP contribution is 2.41. The Hall–Kier alpha value is -3.31. The van der Waals surface area contributed by atoms with E-state index in [1.807, 2.05) is 0 Å². The number of nitrogens with zero attached hydrogens (tertiary/aromatic N) is 3. The Morgan fingerprint density at radius 2 is 2.09 bits per heavy atom. The number of benzene rings is 2. The number of aliphatic hydroxyl groups is 1. The van der Waals surface area contributed by atoms with Crippen LogP contribution in [0.4, 0.5) is 15.8 Å². The number of nitro groups is 1. The fourth-order valence-electron chi connectivity index (χ4n) is 4.26. The van der Waals surface area contributed by atoms with E-state index < -0.39 is 33.7 Å². The highest BCUT2D eigenvalue weighted by atomic mass is 79.9. The minimum Gasteiger partial charge on any atom is -0.509 e. The molecule has 2 heterocycles. The fraction of sp³-hybridized carbons (Fsp3) is 0.273. The van der Waals surface area contributed by atoms with Crippen molar-refractivity contribution in [2.24, 2.45) is 0 Å². The van der Waals surface area contributed by atoms with Crippen LogP contribution in [-0.2, 0) is 16.1 Å². The number of hydrogen-bond donors (Lipinski definition) is 2. The first-order valence-electron chi connectivity index (χ1n) is 10.1. The quantitative estimate of drug-likeness (QED) is 0.350. The SMILES string of the molecule is C[C@]12CCCN1N(Cc1cccc([N+](=O)[O-])c1)C(=O)C(C(=O)Nc1ccc(Br)c(F)c1)=C2O. The molecule has 0 aromatic heterocycles. The van der Waals surface area contributed by atoms with Crippen molar-refractivity contribution >= 4 is 39.1 Å². The number of fused-ring (bicyclic) bond motifs is 1. The number of rotatable bonds is 5. The maximum Gasteiger partial charge on any atom is 0.277 e. The summed E-state index contributed by atoms with van der Waals surface area (Å²) in [6.07, 6.45) is 1.17. The Morgan fingerprint density at radius 3 is 2.79 bits per heavy atom. The van der Waals surface area contributed by atoms with Gasteiger partial charge in [-0.2, -0.15) is 0 Å². The third-order valence-corrected chi connectivity index (χ3v) is 6.59. The van der Waals surface area contributed by atoms with E-state index in [4.69, 9.17) is 0 Å². The van der Waals surface area contributed by atoms with E-state index in [0.29, 0.717) is 24.9 Å². The fourth-order valence-corrected chi connectivity index (χ4v) is 4.50. The second-order valence-electron chi connectivity index (χ2n) is 8.10. The molecule has 11 heteroatoms. The minimum atomic E-state index is -0.994. The van der Waals surface area contributed by atoms with Gasteiger partial charge in [0.2, 0.25) is 0 Å². The van der Waals surface area contributed by atoms with Gasteiger partial charge < -0.3 is 10.4 Å². The van der Waals surface area contributed by atoms with Crippen LogP contribution in [0.3, 0.4) is 0 Å². The zero-order valence-corrected chi connectivity index (χ0v) is 19.1. The van der Waals surface area contributed by atoms with Gasteiger partial charge in [-0.3, -0.25) is 24.7 Å². The van der Waals surface area contributed by atoms with Crippen LogP contribution in [0.5, 0.6) is 0 Å². The lowest BCUT2D eigenvalue weighted by Crippen LogP contribution is -2.60. The number of hydrazine groups is 1. The van der Waals surface area contributed by atoms with E-state index in [1.165, 1.54) is 35.3 Å². The third kappa shape index (κ3) is 4.09. The second-order valence-corrected chi connectivity index (χ2v) is 8.95. The number of halogens is 2. The molecule has 0 aliphatic carbocycles. The molecule has 2 amide bonds. The third-order valence-electron chi connectivity index (χ3n) is 5.95. The topological polar surface area (TPSA) is 116 Å². The molecule has 172 valence electrons. The lowest BCUT2D eigenvalue weighted by atomic mass is 9.90. The van der Waals surface area contributed by atoms with Crippen LogP contribution < -0.4 is 5.32 Å². The van der Waals surface area contributed by atoms with E-state index in [1.54, 1.807) is 18.0 Å². The largest absolute Gasteiger partial charge is 0.509 e. The maximum atomic E-state index is 13.9. The number of anilines is 1. The summed E-state index contributed by atoms with van der Waals surface area (Å²) in [5.74, 6) is -2.55. The molecule has 2 aliphatic rings. The van der Waals surface area contributed by atoms with Crippen molar-refractivity contribution in [1.82, 2.24) is 10.0 Å². The van der Waals surface area contributed by atoms with Crippen molar-refractivity contribution in [3.63, 3.8) is 0 Å². The number of nitro benzene ring substituents is 1. The van der Waals surface area contributed by atoms with Gasteiger partial charge >= 0.3 is 0 Å². The Labute approximate surface area is 196 Å². The van der Waals surface area contributed by atoms with E-state index in [-0.39, 0.29) is 28.2 Å². The van der Waals surface area contributed by atoms with Crippen molar-refractivity contribution in [1.29, 1.82) is 0 Å². The van der Waals surface area contributed by atoms with E-state index in [2.05, 4.69) is 21.2 Å². The van der Waals surface area contributed by atoms with Gasteiger partial charge in [-0.05, 0) is 59.5 Å². The van der Waals surface area contributed by atoms with Gasteiger partial charge in [-0.25, -0.2) is 9.40 Å². The van der Waals surface area contributed by atoms with E-state index in [0.717, 1.165) is 6.07 Å². The molecule has 2 aromatic rings. The maximum absolute atomic E-state index is 13.9. The van der Waals surface area contributed by atoms with Gasteiger partial charge in [-0.1, -0.05) is 12.1 Å². The molecule has 0 unspecified atom stereocenters. The summed E-state index contributed by atoms with van der Waals surface area (Å²) >= 11 is 3.04. The molecule has 1 saturated heterocycles. The van der Waals surface area contributed by atoms with Crippen LogP contribution >= 0.6 is 15.9 Å². The van der Waals surface area contributed by atoms with Gasteiger partial charge in [0.05, 0.1) is 21.5 Å². The molecule has 9 nitrogen and oxygen atoms in total. The van der Waals surface area contributed by atoms with Crippen molar-refractivity contribution in [2.75, 3.05) is 11.9 Å². The van der Waals surface area contributed by atoms with Crippen LogP contribution in [0.2, 0.25) is 0 Å². The Morgan fingerprint density at radius 1 is 1.33 bits per heavy atom.